The van der Waals surface area contributed by atoms with Crippen molar-refractivity contribution in [3.05, 3.63) is 48.3 Å². The molecule has 6 nitrogen and oxygen atoms in total. The summed E-state index contributed by atoms with van der Waals surface area (Å²) in [5.74, 6) is 1.03. The lowest BCUT2D eigenvalue weighted by Gasteiger charge is -2.37. The van der Waals surface area contributed by atoms with E-state index in [9.17, 15) is 10.2 Å². The molecule has 0 radical (unpaired) electrons. The Morgan fingerprint density at radius 3 is 2.69 bits per heavy atom. The third-order valence-corrected chi connectivity index (χ3v) is 5.21. The van der Waals surface area contributed by atoms with E-state index in [4.69, 9.17) is 0 Å². The van der Waals surface area contributed by atoms with Gasteiger partial charge in [0.2, 0.25) is 0 Å². The van der Waals surface area contributed by atoms with Gasteiger partial charge in [0, 0.05) is 31.0 Å². The van der Waals surface area contributed by atoms with Gasteiger partial charge >= 0.3 is 0 Å². The summed E-state index contributed by atoms with van der Waals surface area (Å²) < 4.78 is 1.91. The number of anilines is 1. The number of benzene rings is 1. The summed E-state index contributed by atoms with van der Waals surface area (Å²) in [6.45, 7) is 1.22. The van der Waals surface area contributed by atoms with Gasteiger partial charge in [-0.15, -0.1) is 0 Å². The molecule has 1 atom stereocenters. The number of hydrogen-bond donors (Lipinski definition) is 2. The number of aromatic nitrogens is 3. The van der Waals surface area contributed by atoms with E-state index in [-0.39, 0.29) is 13.2 Å². The normalized spacial score (nSPS) is 17.8. The van der Waals surface area contributed by atoms with Crippen LogP contribution >= 0.6 is 0 Å². The Hall–Kier alpha value is -2.44. The SMILES string of the molecule is OCCC1CCCCN1c1ccnc2c(-c3ccc(CO)cc3)cnn12. The molecule has 136 valence electrons. The van der Waals surface area contributed by atoms with Gasteiger partial charge < -0.3 is 15.1 Å². The minimum atomic E-state index is 0.0403. The summed E-state index contributed by atoms with van der Waals surface area (Å²) in [5.41, 5.74) is 3.73. The van der Waals surface area contributed by atoms with Crippen molar-refractivity contribution in [2.24, 2.45) is 0 Å². The van der Waals surface area contributed by atoms with Crippen molar-refractivity contribution >= 4 is 11.5 Å². The molecule has 0 saturated carbocycles. The molecule has 3 heterocycles. The fourth-order valence-electron chi connectivity index (χ4n) is 3.84. The predicted octanol–water partition coefficient (Wildman–Crippen LogP) is 2.63. The molecule has 2 aromatic heterocycles. The van der Waals surface area contributed by atoms with Gasteiger partial charge in [0.15, 0.2) is 5.65 Å². The number of rotatable bonds is 5. The standard InChI is InChI=1S/C20H24N4O2/c25-12-9-17-3-1-2-11-23(17)19-8-10-21-20-18(13-22-24(19)20)16-6-4-15(14-26)5-7-16/h4-8,10,13,17,25-26H,1-3,9,11-12,14H2. The Kier molecular flexibility index (Phi) is 4.86. The monoisotopic (exact) mass is 352 g/mol. The van der Waals surface area contributed by atoms with E-state index in [1.165, 1.54) is 6.42 Å². The quantitative estimate of drug-likeness (QED) is 0.738. The van der Waals surface area contributed by atoms with Crippen LogP contribution in [0.3, 0.4) is 0 Å². The maximum atomic E-state index is 9.41. The highest BCUT2D eigenvalue weighted by atomic mass is 16.3. The first kappa shape index (κ1) is 17.0. The molecule has 0 aliphatic carbocycles. The summed E-state index contributed by atoms with van der Waals surface area (Å²) in [6, 6.07) is 10.2. The second kappa shape index (κ2) is 7.43. The van der Waals surface area contributed by atoms with Gasteiger partial charge in [0.1, 0.15) is 5.82 Å². The molecular weight excluding hydrogens is 328 g/mol. The molecule has 1 saturated heterocycles. The molecule has 1 aliphatic heterocycles. The van der Waals surface area contributed by atoms with Crippen LogP contribution < -0.4 is 4.90 Å². The minimum absolute atomic E-state index is 0.0403. The maximum absolute atomic E-state index is 9.41. The van der Waals surface area contributed by atoms with Crippen molar-refractivity contribution in [2.75, 3.05) is 18.1 Å². The molecule has 6 heteroatoms. The van der Waals surface area contributed by atoms with E-state index in [2.05, 4.69) is 15.0 Å². The van der Waals surface area contributed by atoms with Crippen LogP contribution in [-0.2, 0) is 6.61 Å². The molecule has 1 aliphatic rings. The predicted molar refractivity (Wildman–Crippen MR) is 101 cm³/mol. The van der Waals surface area contributed by atoms with Crippen molar-refractivity contribution in [1.29, 1.82) is 0 Å². The van der Waals surface area contributed by atoms with Crippen LogP contribution in [0.4, 0.5) is 5.82 Å². The summed E-state index contributed by atoms with van der Waals surface area (Å²) in [4.78, 5) is 6.92. The van der Waals surface area contributed by atoms with E-state index in [1.807, 2.05) is 47.2 Å². The van der Waals surface area contributed by atoms with Gasteiger partial charge in [0.25, 0.3) is 0 Å². The lowest BCUT2D eigenvalue weighted by Crippen LogP contribution is -2.41. The smallest absolute Gasteiger partial charge is 0.165 e. The molecule has 0 spiro atoms. The molecule has 3 aromatic rings. The molecule has 2 N–H and O–H groups in total. The topological polar surface area (TPSA) is 73.9 Å². The van der Waals surface area contributed by atoms with E-state index < -0.39 is 0 Å². The summed E-state index contributed by atoms with van der Waals surface area (Å²) in [5, 5.41) is 23.2. The lowest BCUT2D eigenvalue weighted by molar-refractivity contribution is 0.262. The number of hydrogen-bond acceptors (Lipinski definition) is 5. The first-order chi connectivity index (χ1) is 12.8. The van der Waals surface area contributed by atoms with Gasteiger partial charge in [-0.3, -0.25) is 0 Å². The van der Waals surface area contributed by atoms with Gasteiger partial charge in [0.05, 0.1) is 12.8 Å². The van der Waals surface area contributed by atoms with Crippen LogP contribution in [-0.4, -0.2) is 44.0 Å². The third-order valence-electron chi connectivity index (χ3n) is 5.21. The molecule has 1 aromatic carbocycles. The Morgan fingerprint density at radius 1 is 1.08 bits per heavy atom. The average Bonchev–Trinajstić information content (AvgIpc) is 3.13. The number of fused-ring (bicyclic) bond motifs is 1. The van der Waals surface area contributed by atoms with Gasteiger partial charge in [-0.2, -0.15) is 9.61 Å². The highest BCUT2D eigenvalue weighted by Gasteiger charge is 2.25. The Balaban J connectivity index is 1.74. The van der Waals surface area contributed by atoms with Gasteiger partial charge in [-0.25, -0.2) is 4.98 Å². The Bertz CT molecular complexity index is 873. The first-order valence-electron chi connectivity index (χ1n) is 9.22. The summed E-state index contributed by atoms with van der Waals surface area (Å²) in [7, 11) is 0. The fraction of sp³-hybridized carbons (Fsp3) is 0.400. The third kappa shape index (κ3) is 3.06. The van der Waals surface area contributed by atoms with Crippen LogP contribution in [0.2, 0.25) is 0 Å². The van der Waals surface area contributed by atoms with E-state index in [0.717, 1.165) is 54.0 Å². The Labute approximate surface area is 152 Å². The molecular formula is C20H24N4O2. The largest absolute Gasteiger partial charge is 0.396 e. The van der Waals surface area contributed by atoms with Crippen molar-refractivity contribution < 1.29 is 10.2 Å². The van der Waals surface area contributed by atoms with Crippen molar-refractivity contribution in [3.63, 3.8) is 0 Å². The summed E-state index contributed by atoms with van der Waals surface area (Å²) >= 11 is 0. The van der Waals surface area contributed by atoms with E-state index in [0.29, 0.717) is 6.04 Å². The van der Waals surface area contributed by atoms with E-state index in [1.54, 1.807) is 0 Å². The second-order valence-corrected chi connectivity index (χ2v) is 6.81. The van der Waals surface area contributed by atoms with Gasteiger partial charge in [-0.1, -0.05) is 24.3 Å². The highest BCUT2D eigenvalue weighted by molar-refractivity contribution is 5.78. The Morgan fingerprint density at radius 2 is 1.92 bits per heavy atom. The number of nitrogens with zero attached hydrogens (tertiary/aromatic N) is 4. The van der Waals surface area contributed by atoms with Crippen molar-refractivity contribution in [3.8, 4) is 11.1 Å². The van der Waals surface area contributed by atoms with E-state index >= 15 is 0 Å². The summed E-state index contributed by atoms with van der Waals surface area (Å²) in [6.07, 6.45) is 7.93. The van der Waals surface area contributed by atoms with Crippen LogP contribution in [0.5, 0.6) is 0 Å². The lowest BCUT2D eigenvalue weighted by atomic mass is 9.99. The number of aliphatic hydroxyl groups is 2. The minimum Gasteiger partial charge on any atom is -0.396 e. The first-order valence-corrected chi connectivity index (χ1v) is 9.22. The van der Waals surface area contributed by atoms with Crippen molar-refractivity contribution in [1.82, 2.24) is 14.6 Å². The van der Waals surface area contributed by atoms with Crippen LogP contribution in [0, 0.1) is 0 Å². The van der Waals surface area contributed by atoms with Crippen molar-refractivity contribution in [2.45, 2.75) is 38.3 Å². The fourth-order valence-corrected chi connectivity index (χ4v) is 3.84. The van der Waals surface area contributed by atoms with Crippen LogP contribution in [0.15, 0.2) is 42.7 Å². The molecule has 0 amide bonds. The van der Waals surface area contributed by atoms with Crippen LogP contribution in [0.1, 0.15) is 31.2 Å². The zero-order chi connectivity index (χ0) is 17.9. The highest BCUT2D eigenvalue weighted by Crippen LogP contribution is 2.30. The maximum Gasteiger partial charge on any atom is 0.165 e. The molecule has 1 unspecified atom stereocenters. The average molecular weight is 352 g/mol. The molecule has 26 heavy (non-hydrogen) atoms. The number of piperidine rings is 1. The van der Waals surface area contributed by atoms with Gasteiger partial charge in [-0.05, 0) is 42.9 Å². The zero-order valence-corrected chi connectivity index (χ0v) is 14.8. The molecule has 0 bridgehead atoms. The zero-order valence-electron chi connectivity index (χ0n) is 14.8. The molecule has 4 rings (SSSR count). The second-order valence-electron chi connectivity index (χ2n) is 6.81. The van der Waals surface area contributed by atoms with Crippen LogP contribution in [0.25, 0.3) is 16.8 Å². The molecule has 1 fully saturated rings. The number of aliphatic hydroxyl groups excluding tert-OH is 2.